The molecule has 0 aromatic heterocycles. The van der Waals surface area contributed by atoms with Crippen molar-refractivity contribution in [2.45, 2.75) is 45.6 Å². The molecule has 1 saturated heterocycles. The van der Waals surface area contributed by atoms with E-state index in [4.69, 9.17) is 0 Å². The molecule has 0 bridgehead atoms. The summed E-state index contributed by atoms with van der Waals surface area (Å²) in [7, 11) is 4.06. The van der Waals surface area contributed by atoms with Crippen molar-refractivity contribution in [3.05, 3.63) is 0 Å². The van der Waals surface area contributed by atoms with Crippen LogP contribution in [0.15, 0.2) is 4.99 Å². The maximum Gasteiger partial charge on any atom is 0.191 e. The Morgan fingerprint density at radius 2 is 2.06 bits per heavy atom. The number of likely N-dealkylation sites (tertiary alicyclic amines) is 1. The largest absolute Gasteiger partial charge is 0.356 e. The van der Waals surface area contributed by atoms with Crippen LogP contribution in [0.25, 0.3) is 0 Å². The molecule has 1 atom stereocenters. The van der Waals surface area contributed by atoms with Crippen molar-refractivity contribution in [3.8, 4) is 0 Å². The molecular weight excluding hydrogens is 224 g/mol. The Bertz CT molecular complexity index is 244. The van der Waals surface area contributed by atoms with Crippen molar-refractivity contribution in [2.24, 2.45) is 10.9 Å². The van der Waals surface area contributed by atoms with Gasteiger partial charge in [0, 0.05) is 19.6 Å². The second kappa shape index (κ2) is 8.35. The first-order valence-corrected chi connectivity index (χ1v) is 7.31. The number of piperidine rings is 1. The van der Waals surface area contributed by atoms with Crippen LogP contribution in [-0.2, 0) is 0 Å². The van der Waals surface area contributed by atoms with Crippen LogP contribution in [0.4, 0.5) is 0 Å². The van der Waals surface area contributed by atoms with E-state index in [9.17, 15) is 0 Å². The van der Waals surface area contributed by atoms with E-state index in [1.54, 1.807) is 0 Å². The molecule has 0 radical (unpaired) electrons. The van der Waals surface area contributed by atoms with Crippen LogP contribution in [0.5, 0.6) is 0 Å². The minimum Gasteiger partial charge on any atom is -0.356 e. The zero-order valence-electron chi connectivity index (χ0n) is 12.5. The van der Waals surface area contributed by atoms with Crippen LogP contribution in [0.1, 0.15) is 39.5 Å². The third-order valence-corrected chi connectivity index (χ3v) is 3.90. The zero-order chi connectivity index (χ0) is 13.4. The minimum atomic E-state index is 0.486. The average molecular weight is 254 g/mol. The summed E-state index contributed by atoms with van der Waals surface area (Å²) in [5, 5.41) is 6.81. The fourth-order valence-corrected chi connectivity index (χ4v) is 2.28. The van der Waals surface area contributed by atoms with Crippen molar-refractivity contribution >= 4 is 5.96 Å². The molecule has 0 amide bonds. The first kappa shape index (κ1) is 15.3. The van der Waals surface area contributed by atoms with Gasteiger partial charge in [-0.1, -0.05) is 6.92 Å². The second-order valence-corrected chi connectivity index (χ2v) is 5.49. The number of guanidine groups is 1. The summed E-state index contributed by atoms with van der Waals surface area (Å²) in [6, 6.07) is 0.486. The van der Waals surface area contributed by atoms with Crippen LogP contribution >= 0.6 is 0 Å². The van der Waals surface area contributed by atoms with E-state index in [1.807, 2.05) is 7.05 Å². The van der Waals surface area contributed by atoms with E-state index < -0.39 is 0 Å². The highest BCUT2D eigenvalue weighted by atomic mass is 15.2. The number of rotatable bonds is 5. The van der Waals surface area contributed by atoms with Gasteiger partial charge >= 0.3 is 0 Å². The lowest BCUT2D eigenvalue weighted by molar-refractivity contribution is 0.213. The molecule has 0 saturated carbocycles. The highest BCUT2D eigenvalue weighted by molar-refractivity contribution is 5.79. The molecule has 18 heavy (non-hydrogen) atoms. The Morgan fingerprint density at radius 1 is 1.39 bits per heavy atom. The minimum absolute atomic E-state index is 0.486. The molecular formula is C14H30N4. The fourth-order valence-electron chi connectivity index (χ4n) is 2.28. The van der Waals surface area contributed by atoms with E-state index in [2.05, 4.69) is 41.4 Å². The molecule has 0 aromatic rings. The summed E-state index contributed by atoms with van der Waals surface area (Å²) in [6.45, 7) is 7.91. The first-order chi connectivity index (χ1) is 8.65. The van der Waals surface area contributed by atoms with Gasteiger partial charge in [0.25, 0.3) is 0 Å². The van der Waals surface area contributed by atoms with Crippen LogP contribution in [-0.4, -0.2) is 50.6 Å². The van der Waals surface area contributed by atoms with E-state index in [-0.39, 0.29) is 0 Å². The van der Waals surface area contributed by atoms with Crippen LogP contribution in [0.2, 0.25) is 0 Å². The van der Waals surface area contributed by atoms with Gasteiger partial charge in [0.1, 0.15) is 0 Å². The lowest BCUT2D eigenvalue weighted by Gasteiger charge is -2.29. The summed E-state index contributed by atoms with van der Waals surface area (Å²) in [4.78, 5) is 6.68. The molecule has 1 aliphatic rings. The molecule has 0 spiro atoms. The summed E-state index contributed by atoms with van der Waals surface area (Å²) < 4.78 is 0. The van der Waals surface area contributed by atoms with Crippen molar-refractivity contribution < 1.29 is 0 Å². The van der Waals surface area contributed by atoms with Gasteiger partial charge in [0.15, 0.2) is 5.96 Å². The average Bonchev–Trinajstić information content (AvgIpc) is 2.39. The molecule has 1 heterocycles. The molecule has 2 N–H and O–H groups in total. The second-order valence-electron chi connectivity index (χ2n) is 5.49. The normalized spacial score (nSPS) is 20.8. The lowest BCUT2D eigenvalue weighted by Crippen LogP contribution is -2.42. The zero-order valence-corrected chi connectivity index (χ0v) is 12.5. The quantitative estimate of drug-likeness (QED) is 0.579. The monoisotopic (exact) mass is 254 g/mol. The standard InChI is InChI=1S/C14H30N4/c1-5-12(2)17-14(15-3)16-9-6-13-7-10-18(4)11-8-13/h12-13H,5-11H2,1-4H3,(H2,15,16,17). The van der Waals surface area contributed by atoms with E-state index in [0.29, 0.717) is 6.04 Å². The Kier molecular flexibility index (Phi) is 7.09. The van der Waals surface area contributed by atoms with Gasteiger partial charge in [0.05, 0.1) is 0 Å². The van der Waals surface area contributed by atoms with Crippen LogP contribution in [0, 0.1) is 5.92 Å². The van der Waals surface area contributed by atoms with Gasteiger partial charge in [-0.25, -0.2) is 0 Å². The lowest BCUT2D eigenvalue weighted by atomic mass is 9.94. The molecule has 0 aromatic carbocycles. The summed E-state index contributed by atoms with van der Waals surface area (Å²) in [6.07, 6.45) is 5.07. The molecule has 0 aliphatic carbocycles. The van der Waals surface area contributed by atoms with Gasteiger partial charge in [-0.2, -0.15) is 0 Å². The van der Waals surface area contributed by atoms with E-state index in [0.717, 1.165) is 24.8 Å². The SMILES string of the molecule is CCC(C)NC(=NC)NCCC1CCN(C)CC1. The van der Waals surface area contributed by atoms with Gasteiger partial charge in [-0.3, -0.25) is 4.99 Å². The molecule has 1 fully saturated rings. The van der Waals surface area contributed by atoms with Gasteiger partial charge < -0.3 is 15.5 Å². The maximum atomic E-state index is 4.26. The van der Waals surface area contributed by atoms with E-state index >= 15 is 0 Å². The third-order valence-electron chi connectivity index (χ3n) is 3.90. The Morgan fingerprint density at radius 3 is 2.61 bits per heavy atom. The number of hydrogen-bond acceptors (Lipinski definition) is 2. The van der Waals surface area contributed by atoms with Gasteiger partial charge in [-0.05, 0) is 58.7 Å². The number of aliphatic imine (C=N–C) groups is 1. The predicted molar refractivity (Wildman–Crippen MR) is 79.1 cm³/mol. The number of hydrogen-bond donors (Lipinski definition) is 2. The maximum absolute atomic E-state index is 4.26. The molecule has 106 valence electrons. The van der Waals surface area contributed by atoms with E-state index in [1.165, 1.54) is 32.4 Å². The molecule has 4 heteroatoms. The topological polar surface area (TPSA) is 39.7 Å². The smallest absolute Gasteiger partial charge is 0.191 e. The molecule has 4 nitrogen and oxygen atoms in total. The predicted octanol–water partition coefficient (Wildman–Crippen LogP) is 1.68. The summed E-state index contributed by atoms with van der Waals surface area (Å²) in [5.74, 6) is 1.83. The van der Waals surface area contributed by atoms with Gasteiger partial charge in [0.2, 0.25) is 0 Å². The number of nitrogens with one attached hydrogen (secondary N) is 2. The van der Waals surface area contributed by atoms with Crippen molar-refractivity contribution in [1.82, 2.24) is 15.5 Å². The van der Waals surface area contributed by atoms with Crippen LogP contribution in [0.3, 0.4) is 0 Å². The molecule has 1 aliphatic heterocycles. The first-order valence-electron chi connectivity index (χ1n) is 7.31. The summed E-state index contributed by atoms with van der Waals surface area (Å²) in [5.41, 5.74) is 0. The summed E-state index contributed by atoms with van der Waals surface area (Å²) >= 11 is 0. The Labute approximate surface area is 112 Å². The highest BCUT2D eigenvalue weighted by Crippen LogP contribution is 2.18. The van der Waals surface area contributed by atoms with Crippen molar-refractivity contribution in [3.63, 3.8) is 0 Å². The van der Waals surface area contributed by atoms with Gasteiger partial charge in [-0.15, -0.1) is 0 Å². The van der Waals surface area contributed by atoms with Crippen molar-refractivity contribution in [2.75, 3.05) is 33.7 Å². The molecule has 1 rings (SSSR count). The number of nitrogens with zero attached hydrogens (tertiary/aromatic N) is 2. The molecule has 1 unspecified atom stereocenters. The Balaban J connectivity index is 2.15. The third kappa shape index (κ3) is 5.71. The highest BCUT2D eigenvalue weighted by Gasteiger charge is 2.16. The fraction of sp³-hybridized carbons (Fsp3) is 0.929. The Hall–Kier alpha value is -0.770. The van der Waals surface area contributed by atoms with Crippen molar-refractivity contribution in [1.29, 1.82) is 0 Å². The van der Waals surface area contributed by atoms with Crippen LogP contribution < -0.4 is 10.6 Å².